The maximum absolute atomic E-state index is 13.3. The Bertz CT molecular complexity index is 395. The predicted molar refractivity (Wildman–Crippen MR) is 66.5 cm³/mol. The van der Waals surface area contributed by atoms with E-state index in [-0.39, 0.29) is 10.9 Å². The monoisotopic (exact) mass is 289 g/mol. The van der Waals surface area contributed by atoms with E-state index in [0.29, 0.717) is 16.5 Å². The molecule has 0 saturated carbocycles. The third kappa shape index (κ3) is 3.56. The Kier molecular flexibility index (Phi) is 4.64. The second-order valence-electron chi connectivity index (χ2n) is 2.68. The van der Waals surface area contributed by atoms with Crippen molar-refractivity contribution in [1.29, 1.82) is 0 Å². The van der Waals surface area contributed by atoms with E-state index < -0.39 is 0 Å². The van der Waals surface area contributed by atoms with E-state index in [0.717, 1.165) is 0 Å². The summed E-state index contributed by atoms with van der Waals surface area (Å²) >= 11 is 7.77. The van der Waals surface area contributed by atoms with Gasteiger partial charge in [0.1, 0.15) is 5.82 Å². The van der Waals surface area contributed by atoms with Gasteiger partial charge >= 0.3 is 0 Å². The second kappa shape index (κ2) is 5.77. The zero-order chi connectivity index (χ0) is 11.3. The van der Waals surface area contributed by atoms with Crippen molar-refractivity contribution in [3.8, 4) is 0 Å². The number of rotatable bonds is 3. The number of benzene rings is 1. The molecule has 0 saturated heterocycles. The highest BCUT2D eigenvalue weighted by molar-refractivity contribution is 9.08. The van der Waals surface area contributed by atoms with E-state index in [9.17, 15) is 4.39 Å². The summed E-state index contributed by atoms with van der Waals surface area (Å²) in [4.78, 5) is 0. The van der Waals surface area contributed by atoms with Gasteiger partial charge in [0.05, 0.1) is 6.21 Å². The second-order valence-corrected chi connectivity index (χ2v) is 3.68. The summed E-state index contributed by atoms with van der Waals surface area (Å²) in [6.07, 6.45) is 1.47. The fourth-order valence-corrected chi connectivity index (χ4v) is 1.65. The summed E-state index contributed by atoms with van der Waals surface area (Å²) in [6, 6.07) is 4.77. The largest absolute Gasteiger partial charge is 0.375 e. The molecule has 15 heavy (non-hydrogen) atoms. The standard InChI is InChI=1S/C9H9BrFN3S/c10-4-7-6(2-1-3-8(7)11)5-13-14-9(12)15/h1-3,5H,4H2,(H3,12,14,15). The molecule has 0 amide bonds. The molecule has 0 heterocycles. The number of alkyl halides is 1. The minimum absolute atomic E-state index is 0.0723. The van der Waals surface area contributed by atoms with Crippen molar-refractivity contribution in [3.05, 3.63) is 35.1 Å². The minimum Gasteiger partial charge on any atom is -0.375 e. The molecule has 0 aliphatic rings. The summed E-state index contributed by atoms with van der Waals surface area (Å²) in [6.45, 7) is 0. The Hall–Kier alpha value is -1.01. The topological polar surface area (TPSA) is 50.4 Å². The summed E-state index contributed by atoms with van der Waals surface area (Å²) in [5.41, 5.74) is 8.81. The molecule has 0 radical (unpaired) electrons. The van der Waals surface area contributed by atoms with Crippen molar-refractivity contribution in [3.63, 3.8) is 0 Å². The van der Waals surface area contributed by atoms with Crippen LogP contribution in [0.5, 0.6) is 0 Å². The average Bonchev–Trinajstić information content (AvgIpc) is 2.17. The third-order valence-corrected chi connectivity index (χ3v) is 2.32. The van der Waals surface area contributed by atoms with E-state index in [1.165, 1.54) is 12.3 Å². The van der Waals surface area contributed by atoms with Crippen LogP contribution >= 0.6 is 28.1 Å². The van der Waals surface area contributed by atoms with E-state index in [1.54, 1.807) is 12.1 Å². The van der Waals surface area contributed by atoms with Gasteiger partial charge in [-0.1, -0.05) is 28.1 Å². The van der Waals surface area contributed by atoms with Gasteiger partial charge in [-0.3, -0.25) is 5.43 Å². The van der Waals surface area contributed by atoms with Crippen LogP contribution in [0.3, 0.4) is 0 Å². The molecular formula is C9H9BrFN3S. The first kappa shape index (κ1) is 12.1. The molecule has 1 aromatic rings. The quantitative estimate of drug-likeness (QED) is 0.387. The van der Waals surface area contributed by atoms with Gasteiger partial charge in [0.15, 0.2) is 5.11 Å². The first-order valence-corrected chi connectivity index (χ1v) is 5.60. The molecule has 1 rings (SSSR count). The van der Waals surface area contributed by atoms with Gasteiger partial charge in [-0.15, -0.1) is 0 Å². The van der Waals surface area contributed by atoms with Gasteiger partial charge in [0, 0.05) is 16.5 Å². The number of hydrogen-bond donors (Lipinski definition) is 2. The summed E-state index contributed by atoms with van der Waals surface area (Å²) in [7, 11) is 0. The Morgan fingerprint density at radius 1 is 1.67 bits per heavy atom. The van der Waals surface area contributed by atoms with Crippen LogP contribution in [-0.4, -0.2) is 11.3 Å². The smallest absolute Gasteiger partial charge is 0.184 e. The first-order chi connectivity index (χ1) is 7.15. The lowest BCUT2D eigenvalue weighted by molar-refractivity contribution is 0.617. The molecule has 1 aromatic carbocycles. The number of hydrazone groups is 1. The van der Waals surface area contributed by atoms with Crippen molar-refractivity contribution in [2.24, 2.45) is 10.8 Å². The maximum atomic E-state index is 13.3. The SMILES string of the molecule is NC(=S)NN=Cc1cccc(F)c1CBr. The maximum Gasteiger partial charge on any atom is 0.184 e. The Labute approximate surface area is 101 Å². The van der Waals surface area contributed by atoms with Gasteiger partial charge in [-0.25, -0.2) is 4.39 Å². The summed E-state index contributed by atoms with van der Waals surface area (Å²) in [5.74, 6) is -0.272. The van der Waals surface area contributed by atoms with Crippen LogP contribution in [0.1, 0.15) is 11.1 Å². The minimum atomic E-state index is -0.272. The molecule has 6 heteroatoms. The van der Waals surface area contributed by atoms with Gasteiger partial charge in [-0.2, -0.15) is 5.10 Å². The van der Waals surface area contributed by atoms with Crippen molar-refractivity contribution in [1.82, 2.24) is 5.43 Å². The van der Waals surface area contributed by atoms with Crippen molar-refractivity contribution in [2.45, 2.75) is 5.33 Å². The first-order valence-electron chi connectivity index (χ1n) is 4.07. The molecule has 0 aliphatic heterocycles. The highest BCUT2D eigenvalue weighted by Crippen LogP contribution is 2.14. The predicted octanol–water partition coefficient (Wildman–Crippen LogP) is 1.89. The van der Waals surface area contributed by atoms with Gasteiger partial charge in [-0.05, 0) is 18.3 Å². The zero-order valence-electron chi connectivity index (χ0n) is 7.71. The molecule has 3 nitrogen and oxygen atoms in total. The van der Waals surface area contributed by atoms with E-state index >= 15 is 0 Å². The average molecular weight is 290 g/mol. The molecule has 0 aliphatic carbocycles. The normalized spacial score (nSPS) is 10.5. The van der Waals surface area contributed by atoms with E-state index in [1.807, 2.05) is 0 Å². The Morgan fingerprint density at radius 3 is 3.00 bits per heavy atom. The number of hydrogen-bond acceptors (Lipinski definition) is 2. The number of nitrogens with one attached hydrogen (secondary N) is 1. The number of nitrogens with two attached hydrogens (primary N) is 1. The summed E-state index contributed by atoms with van der Waals surface area (Å²) in [5, 5.41) is 4.26. The number of nitrogens with zero attached hydrogens (tertiary/aromatic N) is 1. The molecule has 0 spiro atoms. The fourth-order valence-electron chi connectivity index (χ4n) is 1.00. The van der Waals surface area contributed by atoms with Crippen LogP contribution < -0.4 is 11.2 Å². The molecule has 0 aromatic heterocycles. The van der Waals surface area contributed by atoms with Crippen LogP contribution in [0.25, 0.3) is 0 Å². The Balaban J connectivity index is 2.89. The lowest BCUT2D eigenvalue weighted by Crippen LogP contribution is -2.24. The van der Waals surface area contributed by atoms with Crippen molar-refractivity contribution in [2.75, 3.05) is 0 Å². The molecule has 0 bridgehead atoms. The highest BCUT2D eigenvalue weighted by Gasteiger charge is 2.04. The Morgan fingerprint density at radius 2 is 2.40 bits per heavy atom. The van der Waals surface area contributed by atoms with Crippen LogP contribution in [0, 0.1) is 5.82 Å². The van der Waals surface area contributed by atoms with E-state index in [2.05, 4.69) is 38.7 Å². The molecule has 80 valence electrons. The lowest BCUT2D eigenvalue weighted by Gasteiger charge is -2.02. The van der Waals surface area contributed by atoms with Crippen LogP contribution in [0.15, 0.2) is 23.3 Å². The molecule has 0 fully saturated rings. The van der Waals surface area contributed by atoms with Crippen LogP contribution in [0.4, 0.5) is 4.39 Å². The van der Waals surface area contributed by atoms with E-state index in [4.69, 9.17) is 5.73 Å². The molecule has 0 atom stereocenters. The third-order valence-electron chi connectivity index (χ3n) is 1.67. The van der Waals surface area contributed by atoms with Crippen LogP contribution in [-0.2, 0) is 5.33 Å². The van der Waals surface area contributed by atoms with Crippen molar-refractivity contribution >= 4 is 39.5 Å². The van der Waals surface area contributed by atoms with Gasteiger partial charge in [0.25, 0.3) is 0 Å². The zero-order valence-corrected chi connectivity index (χ0v) is 10.1. The lowest BCUT2D eigenvalue weighted by atomic mass is 10.1. The number of halogens is 2. The summed E-state index contributed by atoms with van der Waals surface area (Å²) < 4.78 is 13.3. The highest BCUT2D eigenvalue weighted by atomic mass is 79.9. The van der Waals surface area contributed by atoms with Gasteiger partial charge in [0.2, 0.25) is 0 Å². The van der Waals surface area contributed by atoms with Crippen molar-refractivity contribution < 1.29 is 4.39 Å². The molecule has 3 N–H and O–H groups in total. The van der Waals surface area contributed by atoms with Crippen LogP contribution in [0.2, 0.25) is 0 Å². The number of thiocarbonyl (C=S) groups is 1. The fraction of sp³-hybridized carbons (Fsp3) is 0.111. The molecular weight excluding hydrogens is 281 g/mol. The van der Waals surface area contributed by atoms with Gasteiger partial charge < -0.3 is 5.73 Å². The molecule has 0 unspecified atom stereocenters.